The van der Waals surface area contributed by atoms with Crippen molar-refractivity contribution in [1.82, 2.24) is 20.1 Å². The smallest absolute Gasteiger partial charge is 0.287 e. The summed E-state index contributed by atoms with van der Waals surface area (Å²) in [6.07, 6.45) is 9.49. The summed E-state index contributed by atoms with van der Waals surface area (Å²) >= 11 is 0. The molecular formula is C23H26N4O4. The Hall–Kier alpha value is -3.42. The van der Waals surface area contributed by atoms with Crippen molar-refractivity contribution >= 4 is 12.2 Å². The summed E-state index contributed by atoms with van der Waals surface area (Å²) in [6.45, 7) is 0.390. The van der Waals surface area contributed by atoms with Crippen molar-refractivity contribution in [2.45, 2.75) is 44.8 Å². The Balaban J connectivity index is 1.36. The van der Waals surface area contributed by atoms with Crippen molar-refractivity contribution in [1.29, 1.82) is 0 Å². The molecule has 4 rings (SSSR count). The van der Waals surface area contributed by atoms with Crippen LogP contribution in [0.3, 0.4) is 0 Å². The number of nitrogens with one attached hydrogen (secondary N) is 1. The van der Waals surface area contributed by atoms with Gasteiger partial charge in [-0.15, -0.1) is 0 Å². The Bertz CT molecular complexity index is 1020. The summed E-state index contributed by atoms with van der Waals surface area (Å²) in [5, 5.41) is 6.92. The number of carbonyl (C=O) groups excluding carboxylic acids is 2. The molecule has 1 N–H and O–H groups in total. The maximum atomic E-state index is 12.6. The predicted molar refractivity (Wildman–Crippen MR) is 113 cm³/mol. The number of aryl methyl sites for hydroxylation is 1. The van der Waals surface area contributed by atoms with E-state index in [9.17, 15) is 9.59 Å². The molecule has 8 heteroatoms. The first kappa shape index (κ1) is 20.8. The number of aromatic nitrogens is 3. The minimum absolute atomic E-state index is 0.163. The van der Waals surface area contributed by atoms with Gasteiger partial charge in [0, 0.05) is 13.2 Å². The van der Waals surface area contributed by atoms with E-state index in [2.05, 4.69) is 15.4 Å². The quantitative estimate of drug-likeness (QED) is 0.558. The summed E-state index contributed by atoms with van der Waals surface area (Å²) in [7, 11) is 1.86. The number of aldehydes is 1. The molecule has 1 fully saturated rings. The molecule has 1 atom stereocenters. The fourth-order valence-electron chi connectivity index (χ4n) is 3.89. The van der Waals surface area contributed by atoms with Crippen LogP contribution in [0.2, 0.25) is 0 Å². The van der Waals surface area contributed by atoms with Crippen LogP contribution < -0.4 is 10.1 Å². The molecule has 0 spiro atoms. The van der Waals surface area contributed by atoms with Gasteiger partial charge in [0.15, 0.2) is 11.5 Å². The van der Waals surface area contributed by atoms with Gasteiger partial charge in [-0.25, -0.2) is 4.98 Å². The molecule has 1 saturated carbocycles. The molecule has 3 heterocycles. The van der Waals surface area contributed by atoms with Gasteiger partial charge in [-0.1, -0.05) is 19.3 Å². The average Bonchev–Trinajstić information content (AvgIpc) is 3.46. The topological polar surface area (TPSA) is 99.2 Å². The average molecular weight is 422 g/mol. The molecule has 162 valence electrons. The second-order valence-corrected chi connectivity index (χ2v) is 7.81. The van der Waals surface area contributed by atoms with Gasteiger partial charge in [-0.2, -0.15) is 5.10 Å². The van der Waals surface area contributed by atoms with E-state index in [-0.39, 0.29) is 17.6 Å². The molecule has 3 aromatic heterocycles. The lowest BCUT2D eigenvalue weighted by Gasteiger charge is -2.26. The van der Waals surface area contributed by atoms with Crippen LogP contribution in [-0.2, 0) is 18.4 Å². The maximum Gasteiger partial charge on any atom is 0.287 e. The van der Waals surface area contributed by atoms with E-state index < -0.39 is 6.04 Å². The monoisotopic (exact) mass is 422 g/mol. The van der Waals surface area contributed by atoms with Crippen LogP contribution in [-0.4, -0.2) is 33.0 Å². The molecule has 1 aliphatic carbocycles. The lowest BCUT2D eigenvalue weighted by molar-refractivity contribution is -0.110. The van der Waals surface area contributed by atoms with Crippen molar-refractivity contribution in [3.05, 3.63) is 54.2 Å². The summed E-state index contributed by atoms with van der Waals surface area (Å²) in [6, 6.07) is 8.28. The Morgan fingerprint density at radius 3 is 2.77 bits per heavy atom. The normalized spacial score (nSPS) is 15.4. The zero-order valence-electron chi connectivity index (χ0n) is 17.5. The third-order valence-electron chi connectivity index (χ3n) is 5.73. The van der Waals surface area contributed by atoms with E-state index in [1.165, 1.54) is 6.42 Å². The number of nitrogens with zero attached hydrogens (tertiary/aromatic N) is 3. The molecule has 0 unspecified atom stereocenters. The number of pyridine rings is 1. The van der Waals surface area contributed by atoms with E-state index in [0.717, 1.165) is 37.7 Å². The molecule has 0 bridgehead atoms. The summed E-state index contributed by atoms with van der Waals surface area (Å²) in [5.74, 6) is 1.07. The van der Waals surface area contributed by atoms with Gasteiger partial charge >= 0.3 is 0 Å². The molecule has 1 amide bonds. The summed E-state index contributed by atoms with van der Waals surface area (Å²) < 4.78 is 13.2. The Kier molecular flexibility index (Phi) is 6.45. The highest BCUT2D eigenvalue weighted by molar-refractivity contribution is 5.93. The minimum Gasteiger partial charge on any atom is -0.486 e. The van der Waals surface area contributed by atoms with Crippen LogP contribution in [0.1, 0.15) is 48.4 Å². The first-order valence-corrected chi connectivity index (χ1v) is 10.6. The van der Waals surface area contributed by atoms with Gasteiger partial charge in [-0.05, 0) is 49.1 Å². The highest BCUT2D eigenvalue weighted by atomic mass is 16.5. The lowest BCUT2D eigenvalue weighted by atomic mass is 9.84. The van der Waals surface area contributed by atoms with Crippen LogP contribution >= 0.6 is 0 Å². The first-order chi connectivity index (χ1) is 15.1. The Morgan fingerprint density at radius 2 is 2.10 bits per heavy atom. The van der Waals surface area contributed by atoms with Crippen molar-refractivity contribution in [2.24, 2.45) is 13.0 Å². The fraction of sp³-hybridized carbons (Fsp3) is 0.391. The van der Waals surface area contributed by atoms with Crippen molar-refractivity contribution in [2.75, 3.05) is 0 Å². The zero-order chi connectivity index (χ0) is 21.6. The maximum absolute atomic E-state index is 12.6. The molecule has 31 heavy (non-hydrogen) atoms. The Morgan fingerprint density at radius 1 is 1.26 bits per heavy atom. The zero-order valence-corrected chi connectivity index (χ0v) is 17.5. The molecule has 0 aromatic carbocycles. The molecule has 0 aliphatic heterocycles. The van der Waals surface area contributed by atoms with Gasteiger partial charge in [-0.3, -0.25) is 9.48 Å². The standard InChI is InChI=1S/C23H26N4O4/c1-27-17(11-12-25-27)15-30-18-7-8-19(24-13-18)21-9-10-22(31-21)23(29)26-20(14-28)16-5-3-2-4-6-16/h7-14,16,20H,2-6,15H2,1H3,(H,26,29)/t20-/m1/s1. The van der Waals surface area contributed by atoms with Crippen molar-refractivity contribution in [3.63, 3.8) is 0 Å². The number of carbonyl (C=O) groups is 2. The van der Waals surface area contributed by atoms with Crippen LogP contribution in [0.4, 0.5) is 0 Å². The number of hydrogen-bond donors (Lipinski definition) is 1. The molecule has 0 radical (unpaired) electrons. The molecule has 8 nitrogen and oxygen atoms in total. The van der Waals surface area contributed by atoms with Gasteiger partial charge in [0.05, 0.1) is 17.9 Å². The van der Waals surface area contributed by atoms with E-state index >= 15 is 0 Å². The summed E-state index contributed by atoms with van der Waals surface area (Å²) in [4.78, 5) is 28.4. The number of furan rings is 1. The van der Waals surface area contributed by atoms with Crippen LogP contribution in [0.15, 0.2) is 47.1 Å². The van der Waals surface area contributed by atoms with E-state index in [1.807, 2.05) is 13.1 Å². The van der Waals surface area contributed by atoms with E-state index in [1.54, 1.807) is 41.3 Å². The molecule has 1 aliphatic rings. The minimum atomic E-state index is -0.477. The number of ether oxygens (including phenoxy) is 1. The summed E-state index contributed by atoms with van der Waals surface area (Å²) in [5.41, 5.74) is 1.54. The molecular weight excluding hydrogens is 396 g/mol. The van der Waals surface area contributed by atoms with Crippen LogP contribution in [0.25, 0.3) is 11.5 Å². The largest absolute Gasteiger partial charge is 0.486 e. The third kappa shape index (κ3) is 5.02. The van der Waals surface area contributed by atoms with Crippen LogP contribution in [0.5, 0.6) is 5.75 Å². The third-order valence-corrected chi connectivity index (χ3v) is 5.73. The van der Waals surface area contributed by atoms with Crippen molar-refractivity contribution < 1.29 is 18.7 Å². The van der Waals surface area contributed by atoms with Gasteiger partial charge in [0.25, 0.3) is 5.91 Å². The second kappa shape index (κ2) is 9.59. The Labute approximate surface area is 180 Å². The first-order valence-electron chi connectivity index (χ1n) is 10.6. The number of hydrogen-bond acceptors (Lipinski definition) is 6. The van der Waals surface area contributed by atoms with Crippen LogP contribution in [0, 0.1) is 5.92 Å². The highest BCUT2D eigenvalue weighted by Gasteiger charge is 2.26. The van der Waals surface area contributed by atoms with Gasteiger partial charge in [0.2, 0.25) is 0 Å². The predicted octanol–water partition coefficient (Wildman–Crippen LogP) is 3.53. The highest BCUT2D eigenvalue weighted by Crippen LogP contribution is 2.27. The number of amides is 1. The van der Waals surface area contributed by atoms with E-state index in [4.69, 9.17) is 9.15 Å². The van der Waals surface area contributed by atoms with E-state index in [0.29, 0.717) is 23.8 Å². The van der Waals surface area contributed by atoms with Gasteiger partial charge < -0.3 is 19.3 Å². The number of rotatable bonds is 8. The second-order valence-electron chi connectivity index (χ2n) is 7.81. The van der Waals surface area contributed by atoms with Gasteiger partial charge in [0.1, 0.15) is 24.3 Å². The lowest BCUT2D eigenvalue weighted by Crippen LogP contribution is -2.42. The molecule has 3 aromatic rings. The van der Waals surface area contributed by atoms with Crippen molar-refractivity contribution in [3.8, 4) is 17.2 Å². The SMILES string of the molecule is Cn1nccc1COc1ccc(-c2ccc(C(=O)N[C@H](C=O)C3CCCCC3)o2)nc1. The molecule has 0 saturated heterocycles. The fourth-order valence-corrected chi connectivity index (χ4v) is 3.89.